The number of phenolic OH excluding ortho intramolecular Hbond substituents is 2. The zero-order valence-corrected chi connectivity index (χ0v) is 28.0. The van der Waals surface area contributed by atoms with Crippen molar-refractivity contribution in [3.63, 3.8) is 0 Å². The van der Waals surface area contributed by atoms with Gasteiger partial charge in [0.05, 0.1) is 5.69 Å². The number of likely N-dealkylation sites (N-methyl/N-ethyl adjacent to an activating group) is 1. The number of hydrogen-bond acceptors (Lipinski definition) is 6. The van der Waals surface area contributed by atoms with Crippen LogP contribution in [0.4, 0.5) is 17.1 Å². The van der Waals surface area contributed by atoms with Crippen LogP contribution in [0.15, 0.2) is 84.9 Å². The summed E-state index contributed by atoms with van der Waals surface area (Å²) in [7, 11) is 2.07. The van der Waals surface area contributed by atoms with Crippen molar-refractivity contribution in [1.29, 1.82) is 0 Å². The van der Waals surface area contributed by atoms with Crippen molar-refractivity contribution in [3.8, 4) is 11.5 Å². The van der Waals surface area contributed by atoms with Gasteiger partial charge in [0.1, 0.15) is 17.8 Å². The molecule has 7 nitrogen and oxygen atoms in total. The van der Waals surface area contributed by atoms with E-state index in [4.69, 9.17) is 17.3 Å². The Labute approximate surface area is 285 Å². The zero-order chi connectivity index (χ0) is 33.7. The summed E-state index contributed by atoms with van der Waals surface area (Å²) >= 11 is 10.9. The van der Waals surface area contributed by atoms with Crippen LogP contribution in [0.5, 0.6) is 11.5 Å². The topological polar surface area (TPSA) is 107 Å². The fourth-order valence-electron chi connectivity index (χ4n) is 6.74. The molecule has 9 heteroatoms. The number of hydrogen-bond donors (Lipinski definition) is 3. The number of phenols is 2. The number of nitrogen functional groups attached to an aromatic ring is 1. The lowest BCUT2D eigenvalue weighted by molar-refractivity contribution is -0.119. The SMILES string of the molecule is CCl.CN1CCc2c1cc(O)c1ccccc21.Nc1ccc(C(CC=O)CC(=O)N2CC(CCl)c3c2cc(O)c2ccccc32)cc1. The fraction of sp³-hybridized carbons (Fsp3) is 0.263. The first kappa shape index (κ1) is 33.9. The average molecular weight is 673 g/mol. The molecule has 0 saturated heterocycles. The molecule has 0 aliphatic carbocycles. The van der Waals surface area contributed by atoms with Gasteiger partial charge in [-0.3, -0.25) is 4.79 Å². The number of fused-ring (bicyclic) bond motifs is 6. The van der Waals surface area contributed by atoms with Crippen LogP contribution in [-0.4, -0.2) is 54.8 Å². The average Bonchev–Trinajstić information content (AvgIpc) is 3.66. The molecule has 2 aliphatic rings. The molecule has 5 aromatic rings. The first-order valence-corrected chi connectivity index (χ1v) is 16.8. The Bertz CT molecular complexity index is 1900. The maximum Gasteiger partial charge on any atom is 0.227 e. The van der Waals surface area contributed by atoms with Crippen molar-refractivity contribution < 1.29 is 19.8 Å². The lowest BCUT2D eigenvalue weighted by atomic mass is 9.92. The summed E-state index contributed by atoms with van der Waals surface area (Å²) in [6.07, 6.45) is 3.82. The van der Waals surface area contributed by atoms with Crippen LogP contribution in [0.2, 0.25) is 0 Å². The van der Waals surface area contributed by atoms with Gasteiger partial charge in [-0.05, 0) is 51.9 Å². The third-order valence-electron chi connectivity index (χ3n) is 9.06. The Balaban J connectivity index is 0.000000212. The fourth-order valence-corrected chi connectivity index (χ4v) is 6.99. The Morgan fingerprint density at radius 3 is 2.11 bits per heavy atom. The van der Waals surface area contributed by atoms with E-state index in [2.05, 4.69) is 29.6 Å². The Morgan fingerprint density at radius 1 is 0.915 bits per heavy atom. The van der Waals surface area contributed by atoms with Gasteiger partial charge in [-0.1, -0.05) is 60.7 Å². The van der Waals surface area contributed by atoms with Crippen LogP contribution in [-0.2, 0) is 16.0 Å². The smallest absolute Gasteiger partial charge is 0.227 e. The molecule has 0 spiro atoms. The highest BCUT2D eigenvalue weighted by Crippen LogP contribution is 2.46. The van der Waals surface area contributed by atoms with Crippen LogP contribution < -0.4 is 15.5 Å². The number of aldehydes is 1. The summed E-state index contributed by atoms with van der Waals surface area (Å²) in [4.78, 5) is 28.4. The van der Waals surface area contributed by atoms with Crippen molar-refractivity contribution in [2.45, 2.75) is 31.1 Å². The van der Waals surface area contributed by atoms with Gasteiger partial charge in [0.25, 0.3) is 0 Å². The molecule has 0 bridgehead atoms. The van der Waals surface area contributed by atoms with Gasteiger partial charge in [0.2, 0.25) is 5.91 Å². The van der Waals surface area contributed by atoms with E-state index in [-0.39, 0.29) is 36.3 Å². The summed E-state index contributed by atoms with van der Waals surface area (Å²) < 4.78 is 0. The van der Waals surface area contributed by atoms with Gasteiger partial charge in [-0.25, -0.2) is 0 Å². The second-order valence-corrected chi connectivity index (χ2v) is 12.1. The van der Waals surface area contributed by atoms with Crippen molar-refractivity contribution in [2.24, 2.45) is 0 Å². The van der Waals surface area contributed by atoms with Gasteiger partial charge in [0.15, 0.2) is 0 Å². The molecule has 244 valence electrons. The van der Waals surface area contributed by atoms with Gasteiger partial charge < -0.3 is 30.5 Å². The maximum atomic E-state index is 13.3. The lowest BCUT2D eigenvalue weighted by Gasteiger charge is -2.22. The van der Waals surface area contributed by atoms with E-state index < -0.39 is 0 Å². The number of nitrogens with zero attached hydrogens (tertiary/aromatic N) is 2. The highest BCUT2D eigenvalue weighted by Gasteiger charge is 2.35. The summed E-state index contributed by atoms with van der Waals surface area (Å²) in [6, 6.07) is 26.5. The highest BCUT2D eigenvalue weighted by molar-refractivity contribution is 6.19. The van der Waals surface area contributed by atoms with E-state index in [1.54, 1.807) is 23.1 Å². The number of amides is 1. The summed E-state index contributed by atoms with van der Waals surface area (Å²) in [5.74, 6) is 0.558. The number of rotatable bonds is 6. The van der Waals surface area contributed by atoms with Crippen molar-refractivity contribution in [3.05, 3.63) is 102 Å². The summed E-state index contributed by atoms with van der Waals surface area (Å²) in [5, 5.41) is 24.3. The number of halogens is 2. The number of aromatic hydroxyl groups is 2. The minimum atomic E-state index is -0.233. The summed E-state index contributed by atoms with van der Waals surface area (Å²) in [6.45, 7) is 1.50. The molecule has 2 heterocycles. The molecule has 2 unspecified atom stereocenters. The predicted molar refractivity (Wildman–Crippen MR) is 195 cm³/mol. The molecule has 2 atom stereocenters. The number of carbonyl (C=O) groups is 2. The largest absolute Gasteiger partial charge is 0.507 e. The second-order valence-electron chi connectivity index (χ2n) is 11.8. The molecule has 0 radical (unpaired) electrons. The van der Waals surface area contributed by atoms with Crippen LogP contribution in [0.3, 0.4) is 0 Å². The van der Waals surface area contributed by atoms with Gasteiger partial charge >= 0.3 is 0 Å². The van der Waals surface area contributed by atoms with E-state index in [9.17, 15) is 19.8 Å². The number of benzene rings is 5. The molecular weight excluding hydrogens is 633 g/mol. The lowest BCUT2D eigenvalue weighted by Crippen LogP contribution is -2.31. The minimum Gasteiger partial charge on any atom is -0.507 e. The van der Waals surface area contributed by atoms with Crippen molar-refractivity contribution in [1.82, 2.24) is 0 Å². The second kappa shape index (κ2) is 15.0. The third kappa shape index (κ3) is 6.83. The van der Waals surface area contributed by atoms with E-state index in [1.165, 1.54) is 23.0 Å². The van der Waals surface area contributed by atoms with E-state index in [0.717, 1.165) is 46.5 Å². The molecule has 5 aromatic carbocycles. The van der Waals surface area contributed by atoms with Crippen molar-refractivity contribution >= 4 is 74.0 Å². The van der Waals surface area contributed by atoms with Crippen LogP contribution in [0.1, 0.15) is 41.4 Å². The maximum absolute atomic E-state index is 13.3. The molecule has 0 saturated carbocycles. The Morgan fingerprint density at radius 2 is 1.49 bits per heavy atom. The van der Waals surface area contributed by atoms with Crippen LogP contribution in [0, 0.1) is 0 Å². The molecule has 7 rings (SSSR count). The van der Waals surface area contributed by atoms with Gasteiger partial charge in [-0.2, -0.15) is 0 Å². The molecule has 47 heavy (non-hydrogen) atoms. The third-order valence-corrected chi connectivity index (χ3v) is 9.43. The summed E-state index contributed by atoms with van der Waals surface area (Å²) in [5.41, 5.74) is 11.5. The Hall–Kier alpha value is -4.46. The quantitative estimate of drug-likeness (QED) is 0.0961. The number of anilines is 3. The van der Waals surface area contributed by atoms with Crippen molar-refractivity contribution in [2.75, 3.05) is 47.9 Å². The zero-order valence-electron chi connectivity index (χ0n) is 26.5. The molecular formula is C38H39Cl2N3O4. The van der Waals surface area contributed by atoms with E-state index >= 15 is 0 Å². The Kier molecular flexibility index (Phi) is 10.8. The van der Waals surface area contributed by atoms with Gasteiger partial charge in [0, 0.05) is 85.4 Å². The number of carbonyl (C=O) groups excluding carboxylic acids is 2. The van der Waals surface area contributed by atoms with Gasteiger partial charge in [-0.15, -0.1) is 23.2 Å². The standard InChI is InChI=1S/C24H23ClN2O3.C13H13NO.CH3Cl/c25-13-17-14-27(21-12-22(29)19-3-1-2-4-20(19)24(17)21)23(30)11-16(9-10-28)15-5-7-18(26)8-6-15;1-14-7-6-10-9-4-2-3-5-11(9)13(15)8-12(10)14;1-2/h1-8,10,12,16-17,29H,9,11,13-14,26H2;2-5,8,15H,6-7H2,1H3;1H3. The molecule has 2 aliphatic heterocycles. The van der Waals surface area contributed by atoms with Crippen LogP contribution in [0.25, 0.3) is 21.5 Å². The normalized spacial score (nSPS) is 15.3. The number of alkyl halides is 2. The molecule has 1 amide bonds. The first-order chi connectivity index (χ1) is 22.8. The molecule has 0 aromatic heterocycles. The monoisotopic (exact) mass is 671 g/mol. The van der Waals surface area contributed by atoms with Crippen LogP contribution >= 0.6 is 23.2 Å². The number of nitrogens with two attached hydrogens (primary N) is 1. The first-order valence-electron chi connectivity index (χ1n) is 15.5. The predicted octanol–water partition coefficient (Wildman–Crippen LogP) is 7.95. The molecule has 0 fully saturated rings. The highest BCUT2D eigenvalue weighted by atomic mass is 35.5. The minimum absolute atomic E-state index is 0.0165. The van der Waals surface area contributed by atoms with E-state index in [1.807, 2.05) is 60.7 Å². The molecule has 4 N–H and O–H groups in total. The van der Waals surface area contributed by atoms with E-state index in [0.29, 0.717) is 29.5 Å².